The molecule has 1 aliphatic rings. The summed E-state index contributed by atoms with van der Waals surface area (Å²) in [7, 11) is 0. The van der Waals surface area contributed by atoms with Crippen LogP contribution in [0.5, 0.6) is 0 Å². The number of nitrogens with zero attached hydrogens (tertiary/aromatic N) is 4. The number of thioether (sulfide) groups is 1. The fourth-order valence-corrected chi connectivity index (χ4v) is 4.30. The quantitative estimate of drug-likeness (QED) is 0.393. The normalized spacial score (nSPS) is 14.2. The molecular formula is C24H19F3N4O3S. The van der Waals surface area contributed by atoms with E-state index in [2.05, 4.69) is 15.0 Å². The topological polar surface area (TPSA) is 84.4 Å². The number of aliphatic hydroxyl groups excluding tert-OH is 1. The number of pyridine rings is 1. The van der Waals surface area contributed by atoms with Gasteiger partial charge in [0.2, 0.25) is 5.82 Å². The van der Waals surface area contributed by atoms with Crippen molar-refractivity contribution in [3.63, 3.8) is 0 Å². The van der Waals surface area contributed by atoms with Gasteiger partial charge in [-0.2, -0.15) is 18.2 Å². The lowest BCUT2D eigenvalue weighted by Crippen LogP contribution is -2.50. The second-order valence-electron chi connectivity index (χ2n) is 8.11. The van der Waals surface area contributed by atoms with Crippen LogP contribution in [-0.4, -0.2) is 44.5 Å². The van der Waals surface area contributed by atoms with Crippen molar-refractivity contribution >= 4 is 17.4 Å². The Morgan fingerprint density at radius 2 is 1.80 bits per heavy atom. The van der Waals surface area contributed by atoms with Gasteiger partial charge in [0, 0.05) is 41.5 Å². The summed E-state index contributed by atoms with van der Waals surface area (Å²) in [6.45, 7) is 1.50. The fraction of sp³-hybridized carbons (Fsp3) is 0.208. The van der Waals surface area contributed by atoms with Crippen LogP contribution < -0.4 is 10.5 Å². The number of β-amino-alcohol motifs (C(OH)–C–C–N with tert-alkyl or cyclic N) is 1. The zero-order valence-corrected chi connectivity index (χ0v) is 19.0. The molecule has 2 aromatic carbocycles. The van der Waals surface area contributed by atoms with Gasteiger partial charge in [-0.25, -0.2) is 0 Å². The van der Waals surface area contributed by atoms with Crippen LogP contribution in [0.15, 0.2) is 81.1 Å². The van der Waals surface area contributed by atoms with Crippen molar-refractivity contribution in [3.8, 4) is 22.8 Å². The molecule has 0 atom stereocenters. The molecule has 1 N–H and O–H groups in total. The van der Waals surface area contributed by atoms with Crippen LogP contribution in [0.3, 0.4) is 0 Å². The molecule has 0 aliphatic carbocycles. The first kappa shape index (κ1) is 23.2. The summed E-state index contributed by atoms with van der Waals surface area (Å²) in [6.07, 6.45) is 1.32. The Kier molecular flexibility index (Phi) is 6.12. The van der Waals surface area contributed by atoms with Crippen molar-refractivity contribution in [1.82, 2.24) is 14.7 Å². The van der Waals surface area contributed by atoms with Crippen molar-refractivity contribution in [1.29, 1.82) is 0 Å². The van der Waals surface area contributed by atoms with E-state index in [-0.39, 0.29) is 40.0 Å². The largest absolute Gasteiger partial charge is 0.446 e. The highest BCUT2D eigenvalue weighted by Crippen LogP contribution is 2.37. The zero-order valence-electron chi connectivity index (χ0n) is 18.1. The number of hydrogen-bond acceptors (Lipinski definition) is 7. The highest BCUT2D eigenvalue weighted by Gasteiger charge is 2.29. The molecule has 2 aromatic heterocycles. The van der Waals surface area contributed by atoms with Gasteiger partial charge in [0.05, 0.1) is 18.2 Å². The maximum atomic E-state index is 12.5. The van der Waals surface area contributed by atoms with Gasteiger partial charge in [0.25, 0.3) is 11.4 Å². The van der Waals surface area contributed by atoms with Gasteiger partial charge < -0.3 is 19.1 Å². The molecule has 35 heavy (non-hydrogen) atoms. The third kappa shape index (κ3) is 5.41. The average molecular weight is 501 g/mol. The zero-order chi connectivity index (χ0) is 24.6. The summed E-state index contributed by atoms with van der Waals surface area (Å²) >= 11 is -0.193. The Labute approximate surface area is 201 Å². The standard InChI is InChI=1S/C24H19F3N4O3S/c25-24(26,27)35-20-7-4-16(5-8-20)22-28-23(34-29-22)17-6-9-21(33)31(12-17)11-15-2-1-3-18(10-15)30-13-19(32)14-30/h1-10,12,19,32H,11,13-14H2. The first-order valence-electron chi connectivity index (χ1n) is 10.7. The summed E-state index contributed by atoms with van der Waals surface area (Å²) < 4.78 is 44.5. The van der Waals surface area contributed by atoms with E-state index in [1.165, 1.54) is 34.9 Å². The van der Waals surface area contributed by atoms with E-state index >= 15 is 0 Å². The summed E-state index contributed by atoms with van der Waals surface area (Å²) in [4.78, 5) is 18.9. The lowest BCUT2D eigenvalue weighted by atomic mass is 10.1. The molecule has 7 nitrogen and oxygen atoms in total. The molecule has 0 spiro atoms. The number of anilines is 1. The van der Waals surface area contributed by atoms with E-state index in [0.717, 1.165) is 11.3 Å². The number of aliphatic hydroxyl groups is 1. The number of aromatic nitrogens is 3. The maximum absolute atomic E-state index is 12.5. The van der Waals surface area contributed by atoms with Crippen molar-refractivity contribution in [2.24, 2.45) is 0 Å². The van der Waals surface area contributed by atoms with E-state index in [4.69, 9.17) is 4.52 Å². The number of halogens is 3. The molecule has 0 unspecified atom stereocenters. The van der Waals surface area contributed by atoms with Crippen molar-refractivity contribution in [3.05, 3.63) is 82.8 Å². The Bertz CT molecular complexity index is 1400. The Morgan fingerprint density at radius 3 is 2.51 bits per heavy atom. The molecule has 180 valence electrons. The maximum Gasteiger partial charge on any atom is 0.446 e. The minimum absolute atomic E-state index is 0.0615. The second kappa shape index (κ2) is 9.23. The Morgan fingerprint density at radius 1 is 1.06 bits per heavy atom. The minimum Gasteiger partial charge on any atom is -0.389 e. The molecule has 5 rings (SSSR count). The molecule has 0 amide bonds. The Hall–Kier alpha value is -3.57. The van der Waals surface area contributed by atoms with Gasteiger partial charge in [0.1, 0.15) is 0 Å². The summed E-state index contributed by atoms with van der Waals surface area (Å²) in [6, 6.07) is 16.4. The van der Waals surface area contributed by atoms with Gasteiger partial charge >= 0.3 is 5.51 Å². The second-order valence-corrected chi connectivity index (χ2v) is 9.25. The monoisotopic (exact) mass is 500 g/mol. The highest BCUT2D eigenvalue weighted by atomic mass is 32.2. The molecular weight excluding hydrogens is 481 g/mol. The van der Waals surface area contributed by atoms with Crippen LogP contribution in [0.25, 0.3) is 22.8 Å². The molecule has 3 heterocycles. The van der Waals surface area contributed by atoms with Gasteiger partial charge in [-0.15, -0.1) is 0 Å². The molecule has 11 heteroatoms. The predicted octanol–water partition coefficient (Wildman–Crippen LogP) is 4.41. The van der Waals surface area contributed by atoms with Crippen LogP contribution in [0, 0.1) is 0 Å². The average Bonchev–Trinajstić information content (AvgIpc) is 3.28. The van der Waals surface area contributed by atoms with Crippen molar-refractivity contribution in [2.45, 2.75) is 23.1 Å². The molecule has 0 radical (unpaired) electrons. The lowest BCUT2D eigenvalue weighted by Gasteiger charge is -2.38. The summed E-state index contributed by atoms with van der Waals surface area (Å²) in [5.41, 5.74) is -1.61. The third-order valence-corrected chi connectivity index (χ3v) is 6.23. The van der Waals surface area contributed by atoms with E-state index in [1.54, 1.807) is 12.3 Å². The Balaban J connectivity index is 1.34. The SMILES string of the molecule is O=c1ccc(-c2nc(-c3ccc(SC(F)(F)F)cc3)no2)cn1Cc1cccc(N2CC(O)C2)c1. The van der Waals surface area contributed by atoms with E-state index in [1.807, 2.05) is 24.3 Å². The molecule has 1 aliphatic heterocycles. The van der Waals surface area contributed by atoms with E-state index < -0.39 is 5.51 Å². The van der Waals surface area contributed by atoms with Crippen molar-refractivity contribution < 1.29 is 22.8 Å². The lowest BCUT2D eigenvalue weighted by molar-refractivity contribution is -0.0328. The first-order chi connectivity index (χ1) is 16.7. The van der Waals surface area contributed by atoms with Crippen LogP contribution in [0.1, 0.15) is 5.56 Å². The van der Waals surface area contributed by atoms with Gasteiger partial charge in [-0.1, -0.05) is 17.3 Å². The van der Waals surface area contributed by atoms with Crippen LogP contribution in [-0.2, 0) is 6.54 Å². The summed E-state index contributed by atoms with van der Waals surface area (Å²) in [5.74, 6) is 0.413. The highest BCUT2D eigenvalue weighted by molar-refractivity contribution is 8.00. The van der Waals surface area contributed by atoms with Crippen molar-refractivity contribution in [2.75, 3.05) is 18.0 Å². The molecule has 0 saturated carbocycles. The molecule has 0 bridgehead atoms. The number of benzene rings is 2. The predicted molar refractivity (Wildman–Crippen MR) is 125 cm³/mol. The molecule has 1 saturated heterocycles. The van der Waals surface area contributed by atoms with E-state index in [9.17, 15) is 23.1 Å². The third-order valence-electron chi connectivity index (χ3n) is 5.49. The van der Waals surface area contributed by atoms with Crippen LogP contribution >= 0.6 is 11.8 Å². The minimum atomic E-state index is -4.36. The molecule has 4 aromatic rings. The first-order valence-corrected chi connectivity index (χ1v) is 11.5. The summed E-state index contributed by atoms with van der Waals surface area (Å²) in [5, 5.41) is 13.5. The van der Waals surface area contributed by atoms with Gasteiger partial charge in [-0.3, -0.25) is 4.79 Å². The van der Waals surface area contributed by atoms with Crippen LogP contribution in [0.4, 0.5) is 18.9 Å². The molecule has 1 fully saturated rings. The number of hydrogen-bond donors (Lipinski definition) is 1. The fourth-order valence-electron chi connectivity index (χ4n) is 3.76. The number of alkyl halides is 3. The smallest absolute Gasteiger partial charge is 0.389 e. The van der Waals surface area contributed by atoms with Gasteiger partial charge in [-0.05, 0) is 59.8 Å². The van der Waals surface area contributed by atoms with Crippen LogP contribution in [0.2, 0.25) is 0 Å². The van der Waals surface area contributed by atoms with Gasteiger partial charge in [0.15, 0.2) is 0 Å². The van der Waals surface area contributed by atoms with E-state index in [0.29, 0.717) is 30.8 Å². The number of rotatable bonds is 6.